The average molecular weight is 372 g/mol. The molecule has 3 nitrogen and oxygen atoms in total. The van der Waals surface area contributed by atoms with E-state index in [0.717, 1.165) is 38.6 Å². The van der Waals surface area contributed by atoms with E-state index in [4.69, 9.17) is 0 Å². The van der Waals surface area contributed by atoms with Crippen LogP contribution in [0.15, 0.2) is 0 Å². The van der Waals surface area contributed by atoms with Gasteiger partial charge in [-0.2, -0.15) is 0 Å². The normalized spacial score (nSPS) is 16.4. The van der Waals surface area contributed by atoms with E-state index in [9.17, 15) is 10.2 Å². The number of nitrogens with one attached hydrogen (secondary N) is 1. The van der Waals surface area contributed by atoms with Gasteiger partial charge in [0.25, 0.3) is 0 Å². The molecule has 3 N–H and O–H groups in total. The summed E-state index contributed by atoms with van der Waals surface area (Å²) in [6.07, 6.45) is 17.8. The highest BCUT2D eigenvalue weighted by atomic mass is 16.3. The fourth-order valence-electron chi connectivity index (χ4n) is 4.18. The number of hydrogen-bond acceptors (Lipinski definition) is 3. The van der Waals surface area contributed by atoms with Crippen molar-refractivity contribution in [2.24, 2.45) is 5.41 Å². The molecule has 0 aliphatic carbocycles. The van der Waals surface area contributed by atoms with Gasteiger partial charge in [-0.3, -0.25) is 0 Å². The summed E-state index contributed by atoms with van der Waals surface area (Å²) < 4.78 is 0. The van der Waals surface area contributed by atoms with E-state index in [-0.39, 0.29) is 5.41 Å². The van der Waals surface area contributed by atoms with E-state index in [1.54, 1.807) is 0 Å². The average Bonchev–Trinajstić information content (AvgIpc) is 2.61. The number of rotatable bonds is 19. The minimum Gasteiger partial charge on any atom is -0.393 e. The second-order valence-corrected chi connectivity index (χ2v) is 8.43. The standard InChI is InChI=1S/C23H49NO2/c1-5-6-7-8-9-10-11-12-13-14-15-18-23(21(2)25,22(3)26)19-16-17-20-24-4/h21-22,24-26H,5-20H2,1-4H3. The summed E-state index contributed by atoms with van der Waals surface area (Å²) in [5, 5.41) is 23.9. The molecule has 0 fully saturated rings. The third-order valence-corrected chi connectivity index (χ3v) is 6.23. The van der Waals surface area contributed by atoms with E-state index in [1.165, 1.54) is 64.2 Å². The van der Waals surface area contributed by atoms with Crippen LogP contribution in [-0.2, 0) is 0 Å². The Morgan fingerprint density at radius 1 is 0.654 bits per heavy atom. The predicted octanol–water partition coefficient (Wildman–Crippen LogP) is 5.83. The molecule has 0 rings (SSSR count). The molecule has 158 valence electrons. The molecule has 0 aromatic heterocycles. The summed E-state index contributed by atoms with van der Waals surface area (Å²) in [6.45, 7) is 7.01. The highest BCUT2D eigenvalue weighted by molar-refractivity contribution is 4.89. The lowest BCUT2D eigenvalue weighted by Crippen LogP contribution is -2.42. The molecule has 0 aromatic rings. The molecule has 0 saturated heterocycles. The molecular weight excluding hydrogens is 322 g/mol. The summed E-state index contributed by atoms with van der Waals surface area (Å²) in [4.78, 5) is 0. The van der Waals surface area contributed by atoms with Gasteiger partial charge in [0.15, 0.2) is 0 Å². The zero-order valence-electron chi connectivity index (χ0n) is 18.4. The number of aliphatic hydroxyl groups excluding tert-OH is 2. The van der Waals surface area contributed by atoms with Crippen LogP contribution in [0.1, 0.15) is 117 Å². The molecule has 0 amide bonds. The van der Waals surface area contributed by atoms with Gasteiger partial charge in [-0.25, -0.2) is 0 Å². The molecule has 0 aliphatic heterocycles. The Bertz CT molecular complexity index is 284. The summed E-state index contributed by atoms with van der Waals surface area (Å²) >= 11 is 0. The van der Waals surface area contributed by atoms with Crippen molar-refractivity contribution in [2.45, 2.75) is 129 Å². The maximum atomic E-state index is 10.4. The van der Waals surface area contributed by atoms with E-state index >= 15 is 0 Å². The quantitative estimate of drug-likeness (QED) is 0.251. The van der Waals surface area contributed by atoms with E-state index in [2.05, 4.69) is 12.2 Å². The molecule has 0 bridgehead atoms. The van der Waals surface area contributed by atoms with Crippen LogP contribution in [0.25, 0.3) is 0 Å². The van der Waals surface area contributed by atoms with Crippen LogP contribution in [0, 0.1) is 5.41 Å². The molecule has 0 saturated carbocycles. The van der Waals surface area contributed by atoms with E-state index in [1.807, 2.05) is 20.9 Å². The second-order valence-electron chi connectivity index (χ2n) is 8.43. The molecule has 0 spiro atoms. The fraction of sp³-hybridized carbons (Fsp3) is 1.00. The Morgan fingerprint density at radius 3 is 1.42 bits per heavy atom. The van der Waals surface area contributed by atoms with Crippen molar-refractivity contribution in [3.8, 4) is 0 Å². The third kappa shape index (κ3) is 11.6. The Balaban J connectivity index is 3.95. The van der Waals surface area contributed by atoms with Gasteiger partial charge < -0.3 is 15.5 Å². The lowest BCUT2D eigenvalue weighted by molar-refractivity contribution is -0.0680. The minimum absolute atomic E-state index is 0.326. The van der Waals surface area contributed by atoms with Gasteiger partial charge in [-0.1, -0.05) is 84.0 Å². The van der Waals surface area contributed by atoms with Crippen LogP contribution >= 0.6 is 0 Å². The van der Waals surface area contributed by atoms with Gasteiger partial charge in [0.1, 0.15) is 0 Å². The second kappa shape index (κ2) is 17.0. The van der Waals surface area contributed by atoms with Gasteiger partial charge >= 0.3 is 0 Å². The maximum Gasteiger partial charge on any atom is 0.0592 e. The molecule has 0 aliphatic rings. The lowest BCUT2D eigenvalue weighted by atomic mass is 9.70. The van der Waals surface area contributed by atoms with Crippen molar-refractivity contribution in [3.05, 3.63) is 0 Å². The molecular formula is C23H49NO2. The largest absolute Gasteiger partial charge is 0.393 e. The topological polar surface area (TPSA) is 52.5 Å². The van der Waals surface area contributed by atoms with Crippen molar-refractivity contribution >= 4 is 0 Å². The summed E-state index contributed by atoms with van der Waals surface area (Å²) in [7, 11) is 1.97. The molecule has 0 aromatic carbocycles. The smallest absolute Gasteiger partial charge is 0.0592 e. The zero-order valence-corrected chi connectivity index (χ0v) is 18.4. The Labute approximate surface area is 164 Å². The number of unbranched alkanes of at least 4 members (excludes halogenated alkanes) is 11. The van der Waals surface area contributed by atoms with E-state index in [0.29, 0.717) is 0 Å². The van der Waals surface area contributed by atoms with Gasteiger partial charge in [-0.15, -0.1) is 0 Å². The first-order chi connectivity index (χ1) is 12.5. The number of aliphatic hydroxyl groups is 2. The fourth-order valence-corrected chi connectivity index (χ4v) is 4.18. The van der Waals surface area contributed by atoms with Crippen LogP contribution in [0.2, 0.25) is 0 Å². The monoisotopic (exact) mass is 371 g/mol. The predicted molar refractivity (Wildman–Crippen MR) is 115 cm³/mol. The molecule has 26 heavy (non-hydrogen) atoms. The Hall–Kier alpha value is -0.120. The van der Waals surface area contributed by atoms with Crippen LogP contribution in [0.4, 0.5) is 0 Å². The van der Waals surface area contributed by atoms with Crippen molar-refractivity contribution in [3.63, 3.8) is 0 Å². The van der Waals surface area contributed by atoms with Gasteiger partial charge in [0.05, 0.1) is 12.2 Å². The summed E-state index contributed by atoms with van der Waals surface area (Å²) in [5.74, 6) is 0. The Kier molecular flexibility index (Phi) is 16.9. The van der Waals surface area contributed by atoms with Crippen LogP contribution in [0.3, 0.4) is 0 Å². The lowest BCUT2D eigenvalue weighted by Gasteiger charge is -2.40. The zero-order chi connectivity index (χ0) is 19.7. The van der Waals surface area contributed by atoms with Crippen molar-refractivity contribution in [1.29, 1.82) is 0 Å². The van der Waals surface area contributed by atoms with Crippen LogP contribution in [-0.4, -0.2) is 36.0 Å². The molecule has 0 heterocycles. The highest BCUT2D eigenvalue weighted by Gasteiger charge is 2.38. The van der Waals surface area contributed by atoms with E-state index < -0.39 is 12.2 Å². The molecule has 2 unspecified atom stereocenters. The number of hydrogen-bond donors (Lipinski definition) is 3. The van der Waals surface area contributed by atoms with Crippen LogP contribution < -0.4 is 5.32 Å². The van der Waals surface area contributed by atoms with Gasteiger partial charge in [0, 0.05) is 5.41 Å². The first kappa shape index (κ1) is 25.9. The van der Waals surface area contributed by atoms with Crippen molar-refractivity contribution < 1.29 is 10.2 Å². The maximum absolute atomic E-state index is 10.4. The van der Waals surface area contributed by atoms with Crippen LogP contribution in [0.5, 0.6) is 0 Å². The Morgan fingerprint density at radius 2 is 1.04 bits per heavy atom. The molecule has 3 heteroatoms. The van der Waals surface area contributed by atoms with Crippen molar-refractivity contribution in [2.75, 3.05) is 13.6 Å². The van der Waals surface area contributed by atoms with Crippen molar-refractivity contribution in [1.82, 2.24) is 5.32 Å². The first-order valence-electron chi connectivity index (χ1n) is 11.5. The SMILES string of the molecule is CCCCCCCCCCCCCC(CCCCNC)(C(C)O)C(C)O. The highest BCUT2D eigenvalue weighted by Crippen LogP contribution is 2.38. The molecule has 0 radical (unpaired) electrons. The summed E-state index contributed by atoms with van der Waals surface area (Å²) in [5.41, 5.74) is -0.326. The third-order valence-electron chi connectivity index (χ3n) is 6.23. The first-order valence-corrected chi connectivity index (χ1v) is 11.5. The summed E-state index contributed by atoms with van der Waals surface area (Å²) in [6, 6.07) is 0. The van der Waals surface area contributed by atoms with Gasteiger partial charge in [0.2, 0.25) is 0 Å². The molecule has 2 atom stereocenters. The van der Waals surface area contributed by atoms with Gasteiger partial charge in [-0.05, 0) is 46.7 Å². The minimum atomic E-state index is -0.444.